The molecule has 1 aromatic carbocycles. The molecule has 27 heavy (non-hydrogen) atoms. The van der Waals surface area contributed by atoms with E-state index in [-0.39, 0.29) is 18.0 Å². The molecular formula is C21H29NO5. The number of fused-ring (bicyclic) bond motifs is 1. The molecular weight excluding hydrogens is 346 g/mol. The highest BCUT2D eigenvalue weighted by atomic mass is 16.5. The van der Waals surface area contributed by atoms with E-state index >= 15 is 0 Å². The maximum Gasteiger partial charge on any atom is 0.331 e. The quantitative estimate of drug-likeness (QED) is 0.563. The second-order valence-electron chi connectivity index (χ2n) is 7.10. The van der Waals surface area contributed by atoms with Crippen molar-refractivity contribution >= 4 is 18.0 Å². The number of ether oxygens (including phenoxy) is 3. The van der Waals surface area contributed by atoms with Crippen LogP contribution in [0.15, 0.2) is 24.3 Å². The van der Waals surface area contributed by atoms with Crippen molar-refractivity contribution in [2.24, 2.45) is 0 Å². The summed E-state index contributed by atoms with van der Waals surface area (Å²) >= 11 is 0. The molecule has 0 bridgehead atoms. The van der Waals surface area contributed by atoms with Gasteiger partial charge in [-0.2, -0.15) is 0 Å². The highest BCUT2D eigenvalue weighted by Gasteiger charge is 2.27. The van der Waals surface area contributed by atoms with Crippen LogP contribution in [-0.4, -0.2) is 48.2 Å². The Kier molecular flexibility index (Phi) is 7.28. The Morgan fingerprint density at radius 2 is 1.67 bits per heavy atom. The molecule has 0 radical (unpaired) electrons. The van der Waals surface area contributed by atoms with Gasteiger partial charge in [-0.15, -0.1) is 0 Å². The Hall–Kier alpha value is -2.50. The van der Waals surface area contributed by atoms with Crippen molar-refractivity contribution in [2.45, 2.75) is 59.2 Å². The third-order valence-electron chi connectivity index (χ3n) is 4.19. The largest absolute Gasteiger partial charge is 0.490 e. The first kappa shape index (κ1) is 20.8. The molecule has 1 heterocycles. The van der Waals surface area contributed by atoms with Gasteiger partial charge in [-0.05, 0) is 58.4 Å². The minimum absolute atomic E-state index is 0.0380. The van der Waals surface area contributed by atoms with Crippen molar-refractivity contribution in [3.63, 3.8) is 0 Å². The highest BCUT2D eigenvalue weighted by molar-refractivity contribution is 5.90. The van der Waals surface area contributed by atoms with Gasteiger partial charge in [-0.1, -0.05) is 6.07 Å². The number of hydrogen-bond acceptors (Lipinski definition) is 5. The molecule has 1 aliphatic rings. The van der Waals surface area contributed by atoms with Crippen LogP contribution in [0, 0.1) is 0 Å². The zero-order valence-electron chi connectivity index (χ0n) is 16.7. The summed E-state index contributed by atoms with van der Waals surface area (Å²) in [6.45, 7) is 10.6. The van der Waals surface area contributed by atoms with Gasteiger partial charge in [0.2, 0.25) is 0 Å². The van der Waals surface area contributed by atoms with Crippen LogP contribution < -0.4 is 9.47 Å². The molecule has 6 nitrogen and oxygen atoms in total. The van der Waals surface area contributed by atoms with Gasteiger partial charge in [0.15, 0.2) is 17.6 Å². The van der Waals surface area contributed by atoms with E-state index in [1.54, 1.807) is 17.9 Å². The van der Waals surface area contributed by atoms with Crippen molar-refractivity contribution in [1.82, 2.24) is 4.90 Å². The van der Waals surface area contributed by atoms with Crippen LogP contribution in [0.2, 0.25) is 0 Å². The smallest absolute Gasteiger partial charge is 0.331 e. The first-order chi connectivity index (χ1) is 12.8. The molecule has 1 amide bonds. The van der Waals surface area contributed by atoms with E-state index in [2.05, 4.69) is 0 Å². The lowest BCUT2D eigenvalue weighted by molar-refractivity contribution is -0.157. The summed E-state index contributed by atoms with van der Waals surface area (Å²) in [6.07, 6.45) is 2.95. The fourth-order valence-corrected chi connectivity index (χ4v) is 3.03. The first-order valence-electron chi connectivity index (χ1n) is 9.40. The van der Waals surface area contributed by atoms with E-state index in [1.807, 2.05) is 45.9 Å². The van der Waals surface area contributed by atoms with Crippen LogP contribution in [0.4, 0.5) is 0 Å². The van der Waals surface area contributed by atoms with E-state index in [0.717, 1.165) is 12.0 Å². The molecule has 0 fully saturated rings. The molecule has 0 saturated carbocycles. The van der Waals surface area contributed by atoms with E-state index < -0.39 is 12.1 Å². The fourth-order valence-electron chi connectivity index (χ4n) is 3.03. The predicted molar refractivity (Wildman–Crippen MR) is 104 cm³/mol. The van der Waals surface area contributed by atoms with Crippen LogP contribution in [0.3, 0.4) is 0 Å². The highest BCUT2D eigenvalue weighted by Crippen LogP contribution is 2.30. The third-order valence-corrected chi connectivity index (χ3v) is 4.19. The molecule has 0 spiro atoms. The molecule has 0 saturated heterocycles. The van der Waals surface area contributed by atoms with Gasteiger partial charge in [0, 0.05) is 24.6 Å². The minimum atomic E-state index is -0.837. The Labute approximate surface area is 161 Å². The van der Waals surface area contributed by atoms with E-state index in [4.69, 9.17) is 14.2 Å². The van der Waals surface area contributed by atoms with Crippen molar-refractivity contribution in [1.29, 1.82) is 0 Å². The molecule has 148 valence electrons. The fraction of sp³-hybridized carbons (Fsp3) is 0.524. The third kappa shape index (κ3) is 5.74. The van der Waals surface area contributed by atoms with Gasteiger partial charge < -0.3 is 19.1 Å². The molecule has 2 rings (SSSR count). The summed E-state index contributed by atoms with van der Waals surface area (Å²) in [5.74, 6) is 0.609. The van der Waals surface area contributed by atoms with Crippen molar-refractivity contribution < 1.29 is 23.8 Å². The summed E-state index contributed by atoms with van der Waals surface area (Å²) in [6, 6.07) is 5.55. The van der Waals surface area contributed by atoms with E-state index in [1.165, 1.54) is 6.08 Å². The number of carbonyl (C=O) groups excluding carboxylic acids is 2. The second-order valence-corrected chi connectivity index (χ2v) is 7.10. The number of hydrogen-bond donors (Lipinski definition) is 0. The SMILES string of the molecule is CC(C)N(C(=O)[C@H](C)OC(=O)/C=C/c1ccc2c(c1)OCCCO2)C(C)C. The Morgan fingerprint density at radius 3 is 2.30 bits per heavy atom. The van der Waals surface area contributed by atoms with Gasteiger partial charge in [0.05, 0.1) is 13.2 Å². The standard InChI is InChI=1S/C21H29NO5/c1-14(2)22(15(3)4)21(24)16(5)27-20(23)10-8-17-7-9-18-19(13-17)26-12-6-11-25-18/h7-10,13-16H,6,11-12H2,1-5H3/b10-8+/t16-/m0/s1. The lowest BCUT2D eigenvalue weighted by atomic mass is 10.2. The maximum absolute atomic E-state index is 12.5. The van der Waals surface area contributed by atoms with Crippen LogP contribution in [0.5, 0.6) is 11.5 Å². The van der Waals surface area contributed by atoms with Crippen LogP contribution in [-0.2, 0) is 14.3 Å². The van der Waals surface area contributed by atoms with E-state index in [0.29, 0.717) is 24.7 Å². The average molecular weight is 375 g/mol. The minimum Gasteiger partial charge on any atom is -0.490 e. The summed E-state index contributed by atoms with van der Waals surface area (Å²) in [7, 11) is 0. The predicted octanol–water partition coefficient (Wildman–Crippen LogP) is 3.44. The Bertz CT molecular complexity index is 688. The Balaban J connectivity index is 1.98. The number of esters is 1. The molecule has 0 aromatic heterocycles. The van der Waals surface area contributed by atoms with Gasteiger partial charge >= 0.3 is 5.97 Å². The molecule has 1 aromatic rings. The van der Waals surface area contributed by atoms with Gasteiger partial charge in [-0.25, -0.2) is 4.79 Å². The molecule has 1 aliphatic heterocycles. The lowest BCUT2D eigenvalue weighted by Gasteiger charge is -2.32. The molecule has 6 heteroatoms. The zero-order valence-corrected chi connectivity index (χ0v) is 16.7. The lowest BCUT2D eigenvalue weighted by Crippen LogP contribution is -2.47. The number of amides is 1. The number of carbonyl (C=O) groups is 2. The van der Waals surface area contributed by atoms with Crippen LogP contribution in [0.1, 0.15) is 46.6 Å². The Morgan fingerprint density at radius 1 is 1.04 bits per heavy atom. The second kappa shape index (κ2) is 9.44. The summed E-state index contributed by atoms with van der Waals surface area (Å²) in [5, 5.41) is 0. The maximum atomic E-state index is 12.5. The van der Waals surface area contributed by atoms with Crippen LogP contribution >= 0.6 is 0 Å². The van der Waals surface area contributed by atoms with Crippen molar-refractivity contribution in [2.75, 3.05) is 13.2 Å². The number of benzene rings is 1. The molecule has 0 N–H and O–H groups in total. The molecule has 1 atom stereocenters. The first-order valence-corrected chi connectivity index (χ1v) is 9.40. The monoisotopic (exact) mass is 375 g/mol. The van der Waals surface area contributed by atoms with Gasteiger partial charge in [0.25, 0.3) is 5.91 Å². The van der Waals surface area contributed by atoms with Crippen LogP contribution in [0.25, 0.3) is 6.08 Å². The van der Waals surface area contributed by atoms with Crippen molar-refractivity contribution in [3.8, 4) is 11.5 Å². The number of nitrogens with zero attached hydrogens (tertiary/aromatic N) is 1. The summed E-state index contributed by atoms with van der Waals surface area (Å²) < 4.78 is 16.5. The summed E-state index contributed by atoms with van der Waals surface area (Å²) in [4.78, 5) is 26.3. The summed E-state index contributed by atoms with van der Waals surface area (Å²) in [5.41, 5.74) is 0.793. The number of rotatable bonds is 6. The van der Waals surface area contributed by atoms with Gasteiger partial charge in [0.1, 0.15) is 0 Å². The van der Waals surface area contributed by atoms with Gasteiger partial charge in [-0.3, -0.25) is 4.79 Å². The van der Waals surface area contributed by atoms with Crippen molar-refractivity contribution in [3.05, 3.63) is 29.8 Å². The normalized spacial score (nSPS) is 14.9. The average Bonchev–Trinajstić information content (AvgIpc) is 2.84. The molecule has 0 aliphatic carbocycles. The zero-order chi connectivity index (χ0) is 20.0. The van der Waals surface area contributed by atoms with E-state index in [9.17, 15) is 9.59 Å². The molecule has 0 unspecified atom stereocenters. The topological polar surface area (TPSA) is 65.1 Å².